The van der Waals surface area contributed by atoms with E-state index in [4.69, 9.17) is 21.4 Å². The van der Waals surface area contributed by atoms with Gasteiger partial charge in [0.15, 0.2) is 0 Å². The molecule has 0 radical (unpaired) electrons. The zero-order valence-corrected chi connectivity index (χ0v) is 12.3. The average Bonchev–Trinajstić information content (AvgIpc) is 2.41. The number of methoxy groups -OCH3 is 1. The Bertz CT molecular complexity index is 478. The monoisotopic (exact) mass is 299 g/mol. The molecule has 1 unspecified atom stereocenters. The highest BCUT2D eigenvalue weighted by Crippen LogP contribution is 2.20. The Morgan fingerprint density at radius 2 is 2.15 bits per heavy atom. The number of benzene rings is 1. The molecule has 0 aliphatic carbocycles. The van der Waals surface area contributed by atoms with E-state index in [1.165, 1.54) is 4.90 Å². The molecule has 0 fully saturated rings. The molecule has 0 aliphatic heterocycles. The van der Waals surface area contributed by atoms with E-state index in [9.17, 15) is 9.59 Å². The highest BCUT2D eigenvalue weighted by molar-refractivity contribution is 6.30. The summed E-state index contributed by atoms with van der Waals surface area (Å²) in [5.41, 5.74) is 0.481. The van der Waals surface area contributed by atoms with Crippen LogP contribution in [0.4, 0.5) is 5.69 Å². The summed E-state index contributed by atoms with van der Waals surface area (Å²) in [6.45, 7) is 1.47. The second kappa shape index (κ2) is 7.87. The third kappa shape index (κ3) is 5.19. The molecule has 20 heavy (non-hydrogen) atoms. The SMILES string of the molecule is COC(C)CCC(=O)N(CC(=O)O)c1cccc(Cl)c1. The molecule has 5 nitrogen and oxygen atoms in total. The molecule has 1 amide bonds. The van der Waals surface area contributed by atoms with Crippen molar-refractivity contribution in [2.24, 2.45) is 0 Å². The maximum absolute atomic E-state index is 12.2. The van der Waals surface area contributed by atoms with Crippen LogP contribution in [0.15, 0.2) is 24.3 Å². The van der Waals surface area contributed by atoms with Gasteiger partial charge in [-0.3, -0.25) is 9.59 Å². The van der Waals surface area contributed by atoms with E-state index in [1.54, 1.807) is 31.4 Å². The molecule has 6 heteroatoms. The summed E-state index contributed by atoms with van der Waals surface area (Å²) in [5, 5.41) is 9.39. The van der Waals surface area contributed by atoms with Crippen molar-refractivity contribution < 1.29 is 19.4 Å². The fraction of sp³-hybridized carbons (Fsp3) is 0.429. The number of carbonyl (C=O) groups is 2. The van der Waals surface area contributed by atoms with Crippen LogP contribution >= 0.6 is 11.6 Å². The first-order valence-corrected chi connectivity index (χ1v) is 6.62. The minimum Gasteiger partial charge on any atom is -0.480 e. The fourth-order valence-corrected chi connectivity index (χ4v) is 1.87. The van der Waals surface area contributed by atoms with E-state index >= 15 is 0 Å². The maximum atomic E-state index is 12.2. The molecule has 0 aromatic heterocycles. The minimum atomic E-state index is -1.07. The lowest BCUT2D eigenvalue weighted by Crippen LogP contribution is -2.36. The molecule has 110 valence electrons. The first-order valence-electron chi connectivity index (χ1n) is 6.24. The fourth-order valence-electron chi connectivity index (χ4n) is 1.68. The Morgan fingerprint density at radius 1 is 1.45 bits per heavy atom. The molecule has 0 spiro atoms. The van der Waals surface area contributed by atoms with Crippen molar-refractivity contribution in [3.63, 3.8) is 0 Å². The summed E-state index contributed by atoms with van der Waals surface area (Å²) in [6, 6.07) is 6.58. The third-order valence-corrected chi connectivity index (χ3v) is 3.12. The highest BCUT2D eigenvalue weighted by Gasteiger charge is 2.19. The summed E-state index contributed by atoms with van der Waals surface area (Å²) < 4.78 is 5.08. The van der Waals surface area contributed by atoms with Gasteiger partial charge < -0.3 is 14.7 Å². The number of ether oxygens (including phenoxy) is 1. The van der Waals surface area contributed by atoms with Crippen LogP contribution in [0, 0.1) is 0 Å². The molecule has 1 rings (SSSR count). The van der Waals surface area contributed by atoms with Gasteiger partial charge in [-0.1, -0.05) is 17.7 Å². The van der Waals surface area contributed by atoms with Gasteiger partial charge in [-0.15, -0.1) is 0 Å². The van der Waals surface area contributed by atoms with Crippen molar-refractivity contribution in [1.82, 2.24) is 0 Å². The van der Waals surface area contributed by atoms with Gasteiger partial charge in [0.05, 0.1) is 6.10 Å². The maximum Gasteiger partial charge on any atom is 0.323 e. The summed E-state index contributed by atoms with van der Waals surface area (Å²) in [5.74, 6) is -1.34. The van der Waals surface area contributed by atoms with E-state index in [-0.39, 0.29) is 25.0 Å². The molecule has 0 saturated heterocycles. The molecular weight excluding hydrogens is 282 g/mol. The molecule has 0 heterocycles. The smallest absolute Gasteiger partial charge is 0.323 e. The average molecular weight is 300 g/mol. The van der Waals surface area contributed by atoms with Crippen LogP contribution in [0.3, 0.4) is 0 Å². The molecule has 0 saturated carbocycles. The van der Waals surface area contributed by atoms with Gasteiger partial charge in [0.2, 0.25) is 5.91 Å². The third-order valence-electron chi connectivity index (χ3n) is 2.88. The van der Waals surface area contributed by atoms with E-state index in [0.29, 0.717) is 17.1 Å². The lowest BCUT2D eigenvalue weighted by molar-refractivity contribution is -0.136. The molecule has 1 aromatic rings. The normalized spacial score (nSPS) is 11.9. The van der Waals surface area contributed by atoms with Gasteiger partial charge in [0.1, 0.15) is 6.54 Å². The van der Waals surface area contributed by atoms with Crippen LogP contribution in [0.2, 0.25) is 5.02 Å². The van der Waals surface area contributed by atoms with Crippen LogP contribution in [0.5, 0.6) is 0 Å². The molecule has 0 bridgehead atoms. The number of carboxylic acids is 1. The van der Waals surface area contributed by atoms with E-state index in [1.807, 2.05) is 6.92 Å². The lowest BCUT2D eigenvalue weighted by Gasteiger charge is -2.21. The summed E-state index contributed by atoms with van der Waals surface area (Å²) in [4.78, 5) is 24.3. The Balaban J connectivity index is 2.83. The molecule has 1 N–H and O–H groups in total. The lowest BCUT2D eigenvalue weighted by atomic mass is 10.2. The highest BCUT2D eigenvalue weighted by atomic mass is 35.5. The molecule has 1 atom stereocenters. The van der Waals surface area contributed by atoms with Crippen LogP contribution in [-0.2, 0) is 14.3 Å². The van der Waals surface area contributed by atoms with Crippen LogP contribution in [0.25, 0.3) is 0 Å². The Hall–Kier alpha value is -1.59. The second-order valence-corrected chi connectivity index (χ2v) is 4.87. The minimum absolute atomic E-state index is 0.0509. The first kappa shape index (κ1) is 16.5. The Labute approximate surface area is 123 Å². The van der Waals surface area contributed by atoms with E-state index in [0.717, 1.165) is 0 Å². The number of carboxylic acid groups (broad SMARTS) is 1. The number of halogens is 1. The van der Waals surface area contributed by atoms with Crippen molar-refractivity contribution in [2.45, 2.75) is 25.9 Å². The van der Waals surface area contributed by atoms with Gasteiger partial charge in [0.25, 0.3) is 0 Å². The molecule has 0 aliphatic rings. The van der Waals surface area contributed by atoms with Gasteiger partial charge in [0, 0.05) is 24.2 Å². The standard InChI is InChI=1S/C14H18ClNO4/c1-10(20-2)6-7-13(17)16(9-14(18)19)12-5-3-4-11(15)8-12/h3-5,8,10H,6-7,9H2,1-2H3,(H,18,19). The first-order chi connectivity index (χ1) is 9.43. The van der Waals surface area contributed by atoms with Crippen molar-refractivity contribution >= 4 is 29.2 Å². The second-order valence-electron chi connectivity index (χ2n) is 4.44. The largest absolute Gasteiger partial charge is 0.480 e. The zero-order chi connectivity index (χ0) is 15.1. The number of carbonyl (C=O) groups excluding carboxylic acids is 1. The molecule has 1 aromatic carbocycles. The summed E-state index contributed by atoms with van der Waals surface area (Å²) in [6.07, 6.45) is 0.700. The van der Waals surface area contributed by atoms with E-state index in [2.05, 4.69) is 0 Å². The Morgan fingerprint density at radius 3 is 2.70 bits per heavy atom. The zero-order valence-electron chi connectivity index (χ0n) is 11.5. The number of hydrogen-bond donors (Lipinski definition) is 1. The van der Waals surface area contributed by atoms with Crippen LogP contribution in [-0.4, -0.2) is 36.7 Å². The summed E-state index contributed by atoms with van der Waals surface area (Å²) >= 11 is 5.87. The summed E-state index contributed by atoms with van der Waals surface area (Å²) in [7, 11) is 1.57. The number of nitrogens with zero attached hydrogens (tertiary/aromatic N) is 1. The van der Waals surface area contributed by atoms with Gasteiger partial charge in [-0.25, -0.2) is 0 Å². The topological polar surface area (TPSA) is 66.8 Å². The number of rotatable bonds is 7. The van der Waals surface area contributed by atoms with Crippen LogP contribution in [0.1, 0.15) is 19.8 Å². The number of anilines is 1. The number of hydrogen-bond acceptors (Lipinski definition) is 3. The predicted octanol–water partition coefficient (Wildman–Crippen LogP) is 2.57. The number of aliphatic carboxylic acids is 1. The van der Waals surface area contributed by atoms with Gasteiger partial charge in [-0.2, -0.15) is 0 Å². The molecular formula is C14H18ClNO4. The van der Waals surface area contributed by atoms with Crippen molar-refractivity contribution in [3.8, 4) is 0 Å². The quantitative estimate of drug-likeness (QED) is 0.840. The Kier molecular flexibility index (Phi) is 6.48. The number of amides is 1. The van der Waals surface area contributed by atoms with Gasteiger partial charge in [-0.05, 0) is 31.5 Å². The van der Waals surface area contributed by atoms with E-state index < -0.39 is 5.97 Å². The van der Waals surface area contributed by atoms with Gasteiger partial charge >= 0.3 is 5.97 Å². The van der Waals surface area contributed by atoms with Crippen molar-refractivity contribution in [3.05, 3.63) is 29.3 Å². The van der Waals surface area contributed by atoms with Crippen molar-refractivity contribution in [1.29, 1.82) is 0 Å². The van der Waals surface area contributed by atoms with Crippen LogP contribution < -0.4 is 4.90 Å². The van der Waals surface area contributed by atoms with Crippen molar-refractivity contribution in [2.75, 3.05) is 18.6 Å². The predicted molar refractivity (Wildman–Crippen MR) is 77.1 cm³/mol.